The van der Waals surface area contributed by atoms with Crippen molar-refractivity contribution in [2.75, 3.05) is 46.4 Å². The summed E-state index contributed by atoms with van der Waals surface area (Å²) in [7, 11) is 1.51. The van der Waals surface area contributed by atoms with Crippen molar-refractivity contribution in [3.63, 3.8) is 0 Å². The number of nitrogens with zero attached hydrogens (tertiary/aromatic N) is 4. The van der Waals surface area contributed by atoms with Gasteiger partial charge < -0.3 is 33.5 Å². The van der Waals surface area contributed by atoms with Crippen molar-refractivity contribution in [3.8, 4) is 17.1 Å². The van der Waals surface area contributed by atoms with Crippen molar-refractivity contribution in [1.82, 2.24) is 25.3 Å². The maximum Gasteiger partial charge on any atom is 0.287 e. The average molecular weight is 530 g/mol. The van der Waals surface area contributed by atoms with E-state index in [1.807, 2.05) is 0 Å². The zero-order chi connectivity index (χ0) is 26.9. The molecule has 0 spiro atoms. The number of ether oxygens (including phenoxy) is 2. The Kier molecular flexibility index (Phi) is 9.44. The van der Waals surface area contributed by atoms with Gasteiger partial charge in [0.05, 0.1) is 18.4 Å². The van der Waals surface area contributed by atoms with Gasteiger partial charge in [-0.1, -0.05) is 5.16 Å². The fourth-order valence-corrected chi connectivity index (χ4v) is 4.22. The van der Waals surface area contributed by atoms with Crippen molar-refractivity contribution >= 4 is 11.8 Å². The van der Waals surface area contributed by atoms with Crippen LogP contribution < -0.4 is 10.1 Å². The minimum atomic E-state index is -0.646. The Morgan fingerprint density at radius 2 is 2.08 bits per heavy atom. The largest absolute Gasteiger partial charge is 0.493 e. The predicted octanol–water partition coefficient (Wildman–Crippen LogP) is 2.74. The molecule has 1 aliphatic heterocycles. The second-order valence-electron chi connectivity index (χ2n) is 8.98. The van der Waals surface area contributed by atoms with E-state index < -0.39 is 17.8 Å². The third-order valence-electron chi connectivity index (χ3n) is 6.17. The second-order valence-corrected chi connectivity index (χ2v) is 8.98. The number of furan rings is 1. The zero-order valence-electron chi connectivity index (χ0n) is 21.5. The Morgan fingerprint density at radius 1 is 1.21 bits per heavy atom. The van der Waals surface area contributed by atoms with Gasteiger partial charge in [0.1, 0.15) is 24.2 Å². The molecule has 4 rings (SSSR count). The first-order valence-electron chi connectivity index (χ1n) is 12.5. The maximum atomic E-state index is 14.6. The molecule has 1 aliphatic rings. The van der Waals surface area contributed by atoms with Crippen LogP contribution in [0.5, 0.6) is 5.75 Å². The summed E-state index contributed by atoms with van der Waals surface area (Å²) in [6.07, 6.45) is 3.00. The van der Waals surface area contributed by atoms with Crippen LogP contribution in [0.4, 0.5) is 4.39 Å². The van der Waals surface area contributed by atoms with Crippen LogP contribution in [0, 0.1) is 5.82 Å². The molecule has 11 nitrogen and oxygen atoms in total. The molecule has 0 unspecified atom stereocenters. The van der Waals surface area contributed by atoms with E-state index >= 15 is 0 Å². The number of carbonyl (C=O) groups is 2. The molecule has 0 aliphatic carbocycles. The van der Waals surface area contributed by atoms with Crippen LogP contribution in [0.15, 0.2) is 45.5 Å². The summed E-state index contributed by atoms with van der Waals surface area (Å²) < 4.78 is 35.4. The molecule has 204 valence electrons. The van der Waals surface area contributed by atoms with Gasteiger partial charge in [0, 0.05) is 39.4 Å². The van der Waals surface area contributed by atoms with Crippen LogP contribution in [0.25, 0.3) is 11.4 Å². The highest BCUT2D eigenvalue weighted by Crippen LogP contribution is 2.24. The summed E-state index contributed by atoms with van der Waals surface area (Å²) in [6, 6.07) is 7.08. The number of rotatable bonds is 11. The predicted molar refractivity (Wildman–Crippen MR) is 134 cm³/mol. The molecule has 0 radical (unpaired) electrons. The number of benzene rings is 1. The van der Waals surface area contributed by atoms with Crippen LogP contribution in [0.1, 0.15) is 36.2 Å². The number of hydrogen-bond acceptors (Lipinski definition) is 9. The first-order chi connectivity index (χ1) is 18.4. The van der Waals surface area contributed by atoms with E-state index in [0.717, 1.165) is 32.5 Å². The fourth-order valence-electron chi connectivity index (χ4n) is 4.22. The first-order valence-corrected chi connectivity index (χ1v) is 12.5. The van der Waals surface area contributed by atoms with Crippen LogP contribution in [-0.4, -0.2) is 84.2 Å². The van der Waals surface area contributed by atoms with Crippen molar-refractivity contribution in [2.45, 2.75) is 32.4 Å². The zero-order valence-corrected chi connectivity index (χ0v) is 21.5. The van der Waals surface area contributed by atoms with Gasteiger partial charge in [-0.15, -0.1) is 0 Å². The summed E-state index contributed by atoms with van der Waals surface area (Å²) in [5.41, 5.74) is 0.224. The lowest BCUT2D eigenvalue weighted by Crippen LogP contribution is -2.48. The van der Waals surface area contributed by atoms with Gasteiger partial charge in [-0.05, 0) is 50.6 Å². The molecule has 0 bridgehead atoms. The summed E-state index contributed by atoms with van der Waals surface area (Å²) in [5.74, 6) is 0.00289. The molecule has 3 heterocycles. The number of amides is 2. The smallest absolute Gasteiger partial charge is 0.287 e. The number of hydrogen-bond donors (Lipinski definition) is 1. The molecule has 1 aromatic carbocycles. The molecular weight excluding hydrogens is 497 g/mol. The van der Waals surface area contributed by atoms with Gasteiger partial charge in [-0.2, -0.15) is 4.98 Å². The van der Waals surface area contributed by atoms with Gasteiger partial charge in [0.25, 0.3) is 11.8 Å². The molecule has 2 aromatic heterocycles. The molecule has 1 saturated heterocycles. The third kappa shape index (κ3) is 7.17. The molecule has 1 atom stereocenters. The second kappa shape index (κ2) is 13.2. The molecule has 1 fully saturated rings. The van der Waals surface area contributed by atoms with E-state index in [0.29, 0.717) is 25.4 Å². The monoisotopic (exact) mass is 529 g/mol. The standard InChI is InChI=1S/C26H32FN5O6/c1-18(28-25(33)22-6-3-14-37-22)26(34)32-11-4-9-31(12-13-32)10-5-15-36-19-7-8-20(21(27)16-19)24-29-23(17-35-2)38-30-24/h3,6-8,14,16,18H,4-5,9-13,15,17H2,1-2H3,(H,28,33)/t18-/m0/s1. The lowest BCUT2D eigenvalue weighted by atomic mass is 10.2. The van der Waals surface area contributed by atoms with Crippen LogP contribution in [-0.2, 0) is 16.1 Å². The quantitative estimate of drug-likeness (QED) is 0.374. The summed E-state index contributed by atoms with van der Waals surface area (Å²) in [4.78, 5) is 33.2. The Bertz CT molecular complexity index is 1200. The highest BCUT2D eigenvalue weighted by atomic mass is 19.1. The highest BCUT2D eigenvalue weighted by molar-refractivity contribution is 5.95. The Labute approximate surface area is 219 Å². The molecule has 3 aromatic rings. The van der Waals surface area contributed by atoms with Crippen LogP contribution >= 0.6 is 0 Å². The summed E-state index contributed by atoms with van der Waals surface area (Å²) in [6.45, 7) is 5.85. The first kappa shape index (κ1) is 27.3. The van der Waals surface area contributed by atoms with Crippen molar-refractivity contribution in [1.29, 1.82) is 0 Å². The van der Waals surface area contributed by atoms with Crippen molar-refractivity contribution < 1.29 is 32.4 Å². The van der Waals surface area contributed by atoms with E-state index in [-0.39, 0.29) is 35.6 Å². The SMILES string of the molecule is COCc1nc(-c2ccc(OCCCN3CCCN(C(=O)[C@H](C)NC(=O)c4ccco4)CC3)cc2F)no1. The van der Waals surface area contributed by atoms with E-state index in [1.54, 1.807) is 36.1 Å². The van der Waals surface area contributed by atoms with Gasteiger partial charge >= 0.3 is 0 Å². The van der Waals surface area contributed by atoms with Crippen molar-refractivity contribution in [2.24, 2.45) is 0 Å². The number of halogens is 1. The number of carbonyl (C=O) groups excluding carboxylic acids is 2. The number of nitrogens with one attached hydrogen (secondary N) is 1. The maximum absolute atomic E-state index is 14.6. The fraction of sp³-hybridized carbons (Fsp3) is 0.462. The summed E-state index contributed by atoms with van der Waals surface area (Å²) in [5, 5.41) is 6.47. The molecular formula is C26H32FN5O6. The van der Waals surface area contributed by atoms with E-state index in [1.165, 1.54) is 19.4 Å². The molecule has 0 saturated carbocycles. The lowest BCUT2D eigenvalue weighted by Gasteiger charge is -2.25. The van der Waals surface area contributed by atoms with Gasteiger partial charge in [-0.25, -0.2) is 4.39 Å². The normalized spacial score (nSPS) is 15.2. The molecule has 38 heavy (non-hydrogen) atoms. The lowest BCUT2D eigenvalue weighted by molar-refractivity contribution is -0.132. The van der Waals surface area contributed by atoms with E-state index in [4.69, 9.17) is 18.4 Å². The van der Waals surface area contributed by atoms with E-state index in [9.17, 15) is 14.0 Å². The third-order valence-corrected chi connectivity index (χ3v) is 6.17. The minimum absolute atomic E-state index is 0.115. The van der Waals surface area contributed by atoms with Crippen molar-refractivity contribution in [3.05, 3.63) is 54.1 Å². The number of aromatic nitrogens is 2. The molecule has 12 heteroatoms. The Balaban J connectivity index is 1.18. The molecule has 1 N–H and O–H groups in total. The van der Waals surface area contributed by atoms with Crippen LogP contribution in [0.2, 0.25) is 0 Å². The Morgan fingerprint density at radius 3 is 2.84 bits per heavy atom. The summed E-state index contributed by atoms with van der Waals surface area (Å²) >= 11 is 0. The van der Waals surface area contributed by atoms with Gasteiger partial charge in [-0.3, -0.25) is 9.59 Å². The van der Waals surface area contributed by atoms with Crippen LogP contribution in [0.3, 0.4) is 0 Å². The topological polar surface area (TPSA) is 123 Å². The average Bonchev–Trinajstić information content (AvgIpc) is 3.55. The Hall–Kier alpha value is -3.77. The van der Waals surface area contributed by atoms with Gasteiger partial charge in [0.2, 0.25) is 11.7 Å². The minimum Gasteiger partial charge on any atom is -0.493 e. The molecule has 2 amide bonds. The number of methoxy groups -OCH3 is 1. The van der Waals surface area contributed by atoms with E-state index in [2.05, 4.69) is 20.4 Å². The highest BCUT2D eigenvalue weighted by Gasteiger charge is 2.25. The van der Waals surface area contributed by atoms with Gasteiger partial charge in [0.15, 0.2) is 5.76 Å².